The van der Waals surface area contributed by atoms with Gasteiger partial charge in [-0.1, -0.05) is 13.1 Å². The molecule has 1 rings (SSSR count). The zero-order chi connectivity index (χ0) is 7.23. The van der Waals surface area contributed by atoms with Crippen molar-refractivity contribution in [2.45, 2.75) is 19.6 Å². The molecule has 0 amide bonds. The molecule has 0 aliphatic rings. The number of hydrogen-bond acceptors (Lipinski definition) is 1. The Morgan fingerprint density at radius 2 is 2.10 bits per heavy atom. The van der Waals surface area contributed by atoms with Crippen molar-refractivity contribution in [1.82, 2.24) is 4.98 Å². The maximum atomic E-state index is 3.94. The van der Waals surface area contributed by atoms with Gasteiger partial charge in [0.15, 0.2) is 0 Å². The summed E-state index contributed by atoms with van der Waals surface area (Å²) >= 11 is 0. The van der Waals surface area contributed by atoms with E-state index in [0.29, 0.717) is 0 Å². The van der Waals surface area contributed by atoms with Crippen molar-refractivity contribution in [3.05, 3.63) is 30.1 Å². The lowest BCUT2D eigenvalue weighted by Crippen LogP contribution is -1.87. The molecule has 0 spiro atoms. The topological polar surface area (TPSA) is 12.9 Å². The summed E-state index contributed by atoms with van der Waals surface area (Å²) in [5.41, 5.74) is 1.37. The fourth-order valence-corrected chi connectivity index (χ4v) is 0.860. The van der Waals surface area contributed by atoms with Crippen LogP contribution in [0, 0.1) is 0 Å². The van der Waals surface area contributed by atoms with Crippen LogP contribution in [0.4, 0.5) is 0 Å². The highest BCUT2D eigenvalue weighted by Gasteiger charge is 1.88. The summed E-state index contributed by atoms with van der Waals surface area (Å²) in [5, 5.41) is 0. The average Bonchev–Trinajstić information content (AvgIpc) is 2.03. The minimum atomic E-state index is 1.14. The molecule has 1 aromatic rings. The van der Waals surface area contributed by atoms with Gasteiger partial charge in [-0.05, 0) is 24.1 Å². The van der Waals surface area contributed by atoms with Crippen LogP contribution in [0.1, 0.15) is 5.56 Å². The molecule has 0 aliphatic heterocycles. The number of rotatable bonds is 3. The van der Waals surface area contributed by atoms with Crippen LogP contribution in [0.2, 0.25) is 13.1 Å². The fourth-order valence-electron chi connectivity index (χ4n) is 0.860. The highest BCUT2D eigenvalue weighted by atomic mass is 14.6. The second-order valence-corrected chi connectivity index (χ2v) is 2.30. The van der Waals surface area contributed by atoms with Crippen LogP contribution in [0.15, 0.2) is 24.5 Å². The molecule has 0 aromatic carbocycles. The van der Waals surface area contributed by atoms with Crippen molar-refractivity contribution in [3.63, 3.8) is 0 Å². The molecule has 0 bridgehead atoms. The summed E-state index contributed by atoms with van der Waals surface area (Å²) < 4.78 is 0. The maximum absolute atomic E-state index is 3.94. The van der Waals surface area contributed by atoms with Crippen LogP contribution in [-0.4, -0.2) is 12.3 Å². The molecular weight excluding hydrogens is 121 g/mol. The molecule has 1 aromatic heterocycles. The van der Waals surface area contributed by atoms with E-state index in [2.05, 4.69) is 31.2 Å². The predicted octanol–water partition coefficient (Wildman–Crippen LogP) is 1.79. The Morgan fingerprint density at radius 1 is 1.40 bits per heavy atom. The summed E-state index contributed by atoms with van der Waals surface area (Å²) in [5.74, 6) is 0. The summed E-state index contributed by atoms with van der Waals surface area (Å²) in [7, 11) is 2.18. The quantitative estimate of drug-likeness (QED) is 0.571. The van der Waals surface area contributed by atoms with Crippen LogP contribution < -0.4 is 0 Å². The summed E-state index contributed by atoms with van der Waals surface area (Å²) in [6, 6.07) is 4.12. The number of pyridine rings is 1. The molecule has 10 heavy (non-hydrogen) atoms. The van der Waals surface area contributed by atoms with Gasteiger partial charge in [-0.25, -0.2) is 0 Å². The molecule has 0 unspecified atom stereocenters. The van der Waals surface area contributed by atoms with E-state index in [0.717, 1.165) is 12.7 Å². The van der Waals surface area contributed by atoms with Gasteiger partial charge in [0.05, 0.1) is 0 Å². The monoisotopic (exact) mass is 132 g/mol. The van der Waals surface area contributed by atoms with Crippen LogP contribution in [-0.2, 0) is 6.42 Å². The molecular formula is C8H11BN. The number of aryl methyl sites for hydroxylation is 1. The van der Waals surface area contributed by atoms with Crippen molar-refractivity contribution in [3.8, 4) is 0 Å². The zero-order valence-electron chi connectivity index (χ0n) is 6.25. The first kappa shape index (κ1) is 7.32. The normalized spacial score (nSPS) is 9.30. The second-order valence-electron chi connectivity index (χ2n) is 2.30. The third kappa shape index (κ3) is 2.22. The van der Waals surface area contributed by atoms with E-state index in [4.69, 9.17) is 0 Å². The first-order valence-corrected chi connectivity index (χ1v) is 3.60. The minimum absolute atomic E-state index is 1.14. The molecule has 2 heteroatoms. The lowest BCUT2D eigenvalue weighted by atomic mass is 9.76. The van der Waals surface area contributed by atoms with E-state index in [1.54, 1.807) is 0 Å². The van der Waals surface area contributed by atoms with E-state index in [1.807, 2.05) is 12.4 Å². The molecule has 0 saturated heterocycles. The SMILES string of the molecule is C[B]CCc1ccncc1. The molecule has 0 atom stereocenters. The number of nitrogens with zero attached hydrogens (tertiary/aromatic N) is 1. The van der Waals surface area contributed by atoms with Crippen molar-refractivity contribution < 1.29 is 0 Å². The Balaban J connectivity index is 2.43. The minimum Gasteiger partial charge on any atom is -0.265 e. The highest BCUT2D eigenvalue weighted by Crippen LogP contribution is 1.99. The van der Waals surface area contributed by atoms with Gasteiger partial charge in [-0.2, -0.15) is 0 Å². The summed E-state index contributed by atoms with van der Waals surface area (Å²) in [4.78, 5) is 3.94. The lowest BCUT2D eigenvalue weighted by molar-refractivity contribution is 1.11. The largest absolute Gasteiger partial charge is 0.265 e. The van der Waals surface area contributed by atoms with E-state index in [-0.39, 0.29) is 0 Å². The van der Waals surface area contributed by atoms with Crippen LogP contribution >= 0.6 is 0 Å². The number of aromatic nitrogens is 1. The molecule has 0 saturated carbocycles. The lowest BCUT2D eigenvalue weighted by Gasteiger charge is -1.95. The number of hydrogen-bond donors (Lipinski definition) is 0. The van der Waals surface area contributed by atoms with E-state index in [9.17, 15) is 0 Å². The first-order valence-electron chi connectivity index (χ1n) is 3.60. The fraction of sp³-hybridized carbons (Fsp3) is 0.375. The summed E-state index contributed by atoms with van der Waals surface area (Å²) in [6.45, 7) is 2.08. The van der Waals surface area contributed by atoms with Gasteiger partial charge in [-0.15, -0.1) is 0 Å². The second kappa shape index (κ2) is 4.10. The van der Waals surface area contributed by atoms with Crippen LogP contribution in [0.5, 0.6) is 0 Å². The van der Waals surface area contributed by atoms with Gasteiger partial charge in [-0.3, -0.25) is 4.98 Å². The Labute approximate surface area is 62.7 Å². The highest BCUT2D eigenvalue weighted by molar-refractivity contribution is 6.33. The third-order valence-electron chi connectivity index (χ3n) is 1.47. The van der Waals surface area contributed by atoms with Gasteiger partial charge >= 0.3 is 0 Å². The van der Waals surface area contributed by atoms with Crippen molar-refractivity contribution >= 4 is 7.28 Å². The van der Waals surface area contributed by atoms with Crippen LogP contribution in [0.3, 0.4) is 0 Å². The van der Waals surface area contributed by atoms with Crippen molar-refractivity contribution in [2.24, 2.45) is 0 Å². The Bertz CT molecular complexity index is 174. The molecule has 0 aliphatic carbocycles. The van der Waals surface area contributed by atoms with Crippen molar-refractivity contribution in [2.75, 3.05) is 0 Å². The van der Waals surface area contributed by atoms with Gasteiger partial charge in [0, 0.05) is 12.4 Å². The molecule has 1 heterocycles. The van der Waals surface area contributed by atoms with E-state index < -0.39 is 0 Å². The molecule has 51 valence electrons. The smallest absolute Gasteiger partial charge is 0.106 e. The molecule has 1 nitrogen and oxygen atoms in total. The summed E-state index contributed by atoms with van der Waals surface area (Å²) in [6.07, 6.45) is 5.97. The van der Waals surface area contributed by atoms with Crippen LogP contribution in [0.25, 0.3) is 0 Å². The Hall–Kier alpha value is -0.785. The molecule has 1 radical (unpaired) electrons. The van der Waals surface area contributed by atoms with Gasteiger partial charge in [0.1, 0.15) is 7.28 Å². The van der Waals surface area contributed by atoms with Gasteiger partial charge < -0.3 is 0 Å². The van der Waals surface area contributed by atoms with E-state index in [1.165, 1.54) is 5.56 Å². The standard InChI is InChI=1S/C8H11BN/c1-9-5-2-8-3-6-10-7-4-8/h3-4,6-7H,2,5H2,1H3. The maximum Gasteiger partial charge on any atom is 0.106 e. The third-order valence-corrected chi connectivity index (χ3v) is 1.47. The van der Waals surface area contributed by atoms with Gasteiger partial charge in [0.25, 0.3) is 0 Å². The Morgan fingerprint density at radius 3 is 2.70 bits per heavy atom. The predicted molar refractivity (Wildman–Crippen MR) is 44.4 cm³/mol. The van der Waals surface area contributed by atoms with Crippen molar-refractivity contribution in [1.29, 1.82) is 0 Å². The zero-order valence-corrected chi connectivity index (χ0v) is 6.25. The van der Waals surface area contributed by atoms with Gasteiger partial charge in [0.2, 0.25) is 0 Å². The molecule has 0 N–H and O–H groups in total. The first-order chi connectivity index (χ1) is 4.93. The Kier molecular flexibility index (Phi) is 3.00. The van der Waals surface area contributed by atoms with E-state index >= 15 is 0 Å². The average molecular weight is 132 g/mol. The molecule has 0 fully saturated rings.